The summed E-state index contributed by atoms with van der Waals surface area (Å²) < 4.78 is 5.97. The highest BCUT2D eigenvalue weighted by molar-refractivity contribution is 9.10. The van der Waals surface area contributed by atoms with Crippen LogP contribution in [0.2, 0.25) is 0 Å². The number of amides is 2. The van der Waals surface area contributed by atoms with Crippen molar-refractivity contribution in [3.63, 3.8) is 0 Å². The number of hydrogen-bond donors (Lipinski definition) is 2. The molecular formula is C14H20BrN3O2. The Morgan fingerprint density at radius 1 is 1.45 bits per heavy atom. The molecule has 0 unspecified atom stereocenters. The number of anilines is 1. The van der Waals surface area contributed by atoms with Crippen molar-refractivity contribution in [1.29, 1.82) is 0 Å². The molecule has 1 aromatic rings. The summed E-state index contributed by atoms with van der Waals surface area (Å²) in [5, 5.41) is 5.77. The van der Waals surface area contributed by atoms with E-state index in [1.165, 1.54) is 5.69 Å². The lowest BCUT2D eigenvalue weighted by atomic mass is 10.3. The number of methoxy groups -OCH3 is 1. The average Bonchev–Trinajstić information content (AvgIpc) is 2.88. The third kappa shape index (κ3) is 4.38. The fraction of sp³-hybridized carbons (Fsp3) is 0.500. The molecule has 20 heavy (non-hydrogen) atoms. The van der Waals surface area contributed by atoms with Crippen LogP contribution in [0.3, 0.4) is 0 Å². The van der Waals surface area contributed by atoms with Crippen LogP contribution < -0.4 is 15.5 Å². The van der Waals surface area contributed by atoms with Crippen LogP contribution in [0, 0.1) is 0 Å². The first-order valence-corrected chi connectivity index (χ1v) is 7.52. The molecule has 2 N–H and O–H groups in total. The molecule has 1 aliphatic heterocycles. The van der Waals surface area contributed by atoms with Gasteiger partial charge in [-0.05, 0) is 30.7 Å². The highest BCUT2D eigenvalue weighted by Crippen LogP contribution is 2.22. The lowest BCUT2D eigenvalue weighted by molar-refractivity contribution is 0.195. The molecule has 0 radical (unpaired) electrons. The molecule has 0 bridgehead atoms. The number of halogens is 1. The summed E-state index contributed by atoms with van der Waals surface area (Å²) in [5.74, 6) is 0. The Labute approximate surface area is 127 Å². The third-order valence-electron chi connectivity index (χ3n) is 3.31. The number of hydrogen-bond acceptors (Lipinski definition) is 3. The number of urea groups is 1. The number of carbonyl (C=O) groups is 1. The van der Waals surface area contributed by atoms with Gasteiger partial charge in [-0.25, -0.2) is 4.79 Å². The largest absolute Gasteiger partial charge is 0.383 e. The first kappa shape index (κ1) is 15.1. The van der Waals surface area contributed by atoms with Gasteiger partial charge in [0.05, 0.1) is 6.61 Å². The van der Waals surface area contributed by atoms with Crippen molar-refractivity contribution in [2.45, 2.75) is 12.5 Å². The number of carbonyl (C=O) groups excluding carboxylic acids is 1. The zero-order valence-corrected chi connectivity index (χ0v) is 13.1. The van der Waals surface area contributed by atoms with E-state index in [-0.39, 0.29) is 12.1 Å². The Balaban J connectivity index is 1.77. The van der Waals surface area contributed by atoms with Crippen molar-refractivity contribution in [1.82, 2.24) is 10.6 Å². The fourth-order valence-electron chi connectivity index (χ4n) is 2.27. The fourth-order valence-corrected chi connectivity index (χ4v) is 2.53. The zero-order chi connectivity index (χ0) is 14.4. The van der Waals surface area contributed by atoms with E-state index < -0.39 is 0 Å². The van der Waals surface area contributed by atoms with E-state index in [0.29, 0.717) is 13.2 Å². The van der Waals surface area contributed by atoms with Gasteiger partial charge in [0.25, 0.3) is 0 Å². The van der Waals surface area contributed by atoms with E-state index >= 15 is 0 Å². The van der Waals surface area contributed by atoms with Crippen molar-refractivity contribution < 1.29 is 9.53 Å². The van der Waals surface area contributed by atoms with Crippen molar-refractivity contribution in [3.8, 4) is 0 Å². The molecule has 1 heterocycles. The van der Waals surface area contributed by atoms with Gasteiger partial charge in [0.2, 0.25) is 0 Å². The van der Waals surface area contributed by atoms with Crippen molar-refractivity contribution >= 4 is 27.6 Å². The van der Waals surface area contributed by atoms with E-state index in [2.05, 4.69) is 43.6 Å². The predicted molar refractivity (Wildman–Crippen MR) is 83.2 cm³/mol. The van der Waals surface area contributed by atoms with Crippen LogP contribution in [0.25, 0.3) is 0 Å². The standard InChI is InChI=1S/C14H20BrN3O2/c1-20-9-7-16-14(19)17-12-6-8-18(10-12)13-4-2-11(15)3-5-13/h2-5,12H,6-10H2,1H3,(H2,16,17,19)/t12-/m1/s1. The molecule has 1 aromatic carbocycles. The minimum atomic E-state index is -0.121. The van der Waals surface area contributed by atoms with Gasteiger partial charge >= 0.3 is 6.03 Å². The molecule has 0 aliphatic carbocycles. The van der Waals surface area contributed by atoms with Gasteiger partial charge in [-0.3, -0.25) is 0 Å². The highest BCUT2D eigenvalue weighted by Gasteiger charge is 2.23. The molecule has 5 nitrogen and oxygen atoms in total. The van der Waals surface area contributed by atoms with Crippen LogP contribution in [0.15, 0.2) is 28.7 Å². The number of nitrogens with one attached hydrogen (secondary N) is 2. The average molecular weight is 342 g/mol. The summed E-state index contributed by atoms with van der Waals surface area (Å²) in [6.45, 7) is 2.87. The quantitative estimate of drug-likeness (QED) is 0.805. The topological polar surface area (TPSA) is 53.6 Å². The van der Waals surface area contributed by atoms with Gasteiger partial charge in [-0.1, -0.05) is 15.9 Å². The molecule has 1 saturated heterocycles. The molecule has 110 valence electrons. The minimum absolute atomic E-state index is 0.121. The van der Waals surface area contributed by atoms with E-state index in [1.54, 1.807) is 7.11 Å². The molecule has 0 aromatic heterocycles. The van der Waals surface area contributed by atoms with Crippen LogP contribution in [-0.4, -0.2) is 45.4 Å². The Bertz CT molecular complexity index is 439. The van der Waals surface area contributed by atoms with Crippen LogP contribution >= 0.6 is 15.9 Å². The van der Waals surface area contributed by atoms with E-state index in [9.17, 15) is 4.79 Å². The second kappa shape index (κ2) is 7.50. The van der Waals surface area contributed by atoms with E-state index in [4.69, 9.17) is 4.74 Å². The number of rotatable bonds is 5. The summed E-state index contributed by atoms with van der Waals surface area (Å²) in [5.41, 5.74) is 1.19. The molecule has 2 rings (SSSR count). The second-order valence-electron chi connectivity index (χ2n) is 4.80. The third-order valence-corrected chi connectivity index (χ3v) is 3.84. The summed E-state index contributed by atoms with van der Waals surface area (Å²) >= 11 is 3.43. The van der Waals surface area contributed by atoms with Crippen molar-refractivity contribution in [2.75, 3.05) is 38.3 Å². The number of benzene rings is 1. The summed E-state index contributed by atoms with van der Waals surface area (Å²) in [7, 11) is 1.62. The molecule has 0 spiro atoms. The van der Waals surface area contributed by atoms with Gasteiger partial charge in [-0.2, -0.15) is 0 Å². The van der Waals surface area contributed by atoms with Crippen LogP contribution in [-0.2, 0) is 4.74 Å². The monoisotopic (exact) mass is 341 g/mol. The summed E-state index contributed by atoms with van der Waals surface area (Å²) in [6.07, 6.45) is 0.966. The van der Waals surface area contributed by atoms with Crippen molar-refractivity contribution in [2.24, 2.45) is 0 Å². The molecule has 1 fully saturated rings. The van der Waals surface area contributed by atoms with Gasteiger partial charge in [0.1, 0.15) is 0 Å². The molecule has 0 saturated carbocycles. The smallest absolute Gasteiger partial charge is 0.315 e. The SMILES string of the molecule is COCCNC(=O)N[C@@H]1CCN(c2ccc(Br)cc2)C1. The molecular weight excluding hydrogens is 322 g/mol. The van der Waals surface area contributed by atoms with Gasteiger partial charge < -0.3 is 20.3 Å². The normalized spacial score (nSPS) is 18.1. The second-order valence-corrected chi connectivity index (χ2v) is 5.72. The summed E-state index contributed by atoms with van der Waals surface area (Å²) in [6, 6.07) is 8.32. The van der Waals surface area contributed by atoms with Crippen LogP contribution in [0.5, 0.6) is 0 Å². The molecule has 1 aliphatic rings. The maximum Gasteiger partial charge on any atom is 0.315 e. The Morgan fingerprint density at radius 3 is 2.90 bits per heavy atom. The summed E-state index contributed by atoms with van der Waals surface area (Å²) in [4.78, 5) is 13.9. The first-order chi connectivity index (χ1) is 9.69. The Morgan fingerprint density at radius 2 is 2.20 bits per heavy atom. The lowest BCUT2D eigenvalue weighted by Crippen LogP contribution is -2.44. The Kier molecular flexibility index (Phi) is 5.67. The maximum atomic E-state index is 11.7. The number of ether oxygens (including phenoxy) is 1. The van der Waals surface area contributed by atoms with E-state index in [0.717, 1.165) is 24.0 Å². The lowest BCUT2D eigenvalue weighted by Gasteiger charge is -2.19. The van der Waals surface area contributed by atoms with Crippen LogP contribution in [0.4, 0.5) is 10.5 Å². The first-order valence-electron chi connectivity index (χ1n) is 6.73. The van der Waals surface area contributed by atoms with E-state index in [1.807, 2.05) is 12.1 Å². The number of nitrogens with zero attached hydrogens (tertiary/aromatic N) is 1. The van der Waals surface area contributed by atoms with Crippen LogP contribution in [0.1, 0.15) is 6.42 Å². The Hall–Kier alpha value is -1.27. The maximum absolute atomic E-state index is 11.7. The van der Waals surface area contributed by atoms with Crippen molar-refractivity contribution in [3.05, 3.63) is 28.7 Å². The highest BCUT2D eigenvalue weighted by atomic mass is 79.9. The minimum Gasteiger partial charge on any atom is -0.383 e. The molecule has 6 heteroatoms. The zero-order valence-electron chi connectivity index (χ0n) is 11.6. The van der Waals surface area contributed by atoms with Gasteiger partial charge in [-0.15, -0.1) is 0 Å². The van der Waals surface area contributed by atoms with Gasteiger partial charge in [0, 0.05) is 42.9 Å². The molecule has 1 atom stereocenters. The van der Waals surface area contributed by atoms with Gasteiger partial charge in [0.15, 0.2) is 0 Å². The predicted octanol–water partition coefficient (Wildman–Crippen LogP) is 1.97. The molecule has 2 amide bonds.